The molecule has 80 heavy (non-hydrogen) atoms. The summed E-state index contributed by atoms with van der Waals surface area (Å²) in [5, 5.41) is 0. The summed E-state index contributed by atoms with van der Waals surface area (Å²) in [7, 11) is 0. The molecule has 0 aliphatic carbocycles. The van der Waals surface area contributed by atoms with Crippen molar-refractivity contribution in [3.05, 3.63) is 85.1 Å². The highest BCUT2D eigenvalue weighted by Crippen LogP contribution is 2.18. The minimum atomic E-state index is -0.789. The first-order valence-electron chi connectivity index (χ1n) is 34.6. The topological polar surface area (TPSA) is 78.9 Å². The minimum Gasteiger partial charge on any atom is -0.462 e. The lowest BCUT2D eigenvalue weighted by Gasteiger charge is -2.18. The van der Waals surface area contributed by atoms with E-state index in [1.165, 1.54) is 180 Å². The zero-order valence-electron chi connectivity index (χ0n) is 53.1. The highest BCUT2D eigenvalue weighted by molar-refractivity contribution is 5.71. The summed E-state index contributed by atoms with van der Waals surface area (Å²) >= 11 is 0. The third-order valence-electron chi connectivity index (χ3n) is 15.1. The standard InChI is InChI=1S/C74H130O6/c1-4-7-10-13-16-19-22-25-28-30-32-34-35-36-37-38-40-41-43-46-49-52-55-58-61-64-67-73(76)79-70-71(69-78-72(75)66-63-60-57-54-51-48-45-27-24-21-18-15-12-9-6-3)80-74(77)68-65-62-59-56-53-50-47-44-42-39-33-31-29-26-23-20-17-14-11-8-5-2/h8-9,11-12,17-18,20-21,26-27,29,33,39,45,71H,4-7,10,13-16,19,22-25,28,30-32,34-38,40-44,46-70H2,1-3H3/b11-8-,12-9-,20-17-,21-18-,29-26-,39-33-,45-27-. The van der Waals surface area contributed by atoms with Crippen LogP contribution in [0.15, 0.2) is 85.1 Å². The van der Waals surface area contributed by atoms with Gasteiger partial charge in [0.05, 0.1) is 0 Å². The molecule has 0 aliphatic rings. The van der Waals surface area contributed by atoms with Crippen LogP contribution in [0.3, 0.4) is 0 Å². The molecule has 0 aromatic carbocycles. The molecule has 0 heterocycles. The largest absolute Gasteiger partial charge is 0.462 e. The Morgan fingerprint density at radius 1 is 0.263 bits per heavy atom. The second-order valence-electron chi connectivity index (χ2n) is 23.0. The van der Waals surface area contributed by atoms with Crippen LogP contribution in [0.5, 0.6) is 0 Å². The monoisotopic (exact) mass is 1110 g/mol. The molecule has 462 valence electrons. The first kappa shape index (κ1) is 76.6. The number of hydrogen-bond acceptors (Lipinski definition) is 6. The Bertz CT molecular complexity index is 1520. The van der Waals surface area contributed by atoms with Crippen LogP contribution < -0.4 is 0 Å². The fourth-order valence-corrected chi connectivity index (χ4v) is 10.0. The highest BCUT2D eigenvalue weighted by Gasteiger charge is 2.19. The molecule has 0 saturated heterocycles. The van der Waals surface area contributed by atoms with E-state index in [0.717, 1.165) is 128 Å². The van der Waals surface area contributed by atoms with Crippen LogP contribution in [0.25, 0.3) is 0 Å². The van der Waals surface area contributed by atoms with Crippen molar-refractivity contribution in [1.29, 1.82) is 0 Å². The maximum Gasteiger partial charge on any atom is 0.306 e. The molecule has 0 rings (SSSR count). The van der Waals surface area contributed by atoms with Crippen LogP contribution in [-0.2, 0) is 28.6 Å². The van der Waals surface area contributed by atoms with E-state index < -0.39 is 6.10 Å². The molecule has 0 aromatic rings. The van der Waals surface area contributed by atoms with Gasteiger partial charge in [-0.05, 0) is 89.9 Å². The fraction of sp³-hybridized carbons (Fsp3) is 0.770. The Morgan fingerprint density at radius 3 is 0.762 bits per heavy atom. The summed E-state index contributed by atoms with van der Waals surface area (Å²) in [5.74, 6) is -0.891. The second-order valence-corrected chi connectivity index (χ2v) is 23.0. The molecule has 0 saturated carbocycles. The Balaban J connectivity index is 4.30. The Labute approximate surface area is 496 Å². The van der Waals surface area contributed by atoms with Gasteiger partial charge in [-0.2, -0.15) is 0 Å². The molecular weight excluding hydrogens is 985 g/mol. The van der Waals surface area contributed by atoms with Gasteiger partial charge in [-0.1, -0.05) is 324 Å². The van der Waals surface area contributed by atoms with Gasteiger partial charge in [0.2, 0.25) is 0 Å². The van der Waals surface area contributed by atoms with Crippen molar-refractivity contribution in [2.75, 3.05) is 13.2 Å². The van der Waals surface area contributed by atoms with Crippen LogP contribution in [0, 0.1) is 0 Å². The molecule has 6 heteroatoms. The number of carbonyl (C=O) groups excluding carboxylic acids is 3. The van der Waals surface area contributed by atoms with Gasteiger partial charge in [-0.15, -0.1) is 0 Å². The molecule has 1 atom stereocenters. The van der Waals surface area contributed by atoms with E-state index in [0.29, 0.717) is 19.3 Å². The Morgan fingerprint density at radius 2 is 0.487 bits per heavy atom. The number of esters is 3. The van der Waals surface area contributed by atoms with E-state index in [-0.39, 0.29) is 31.1 Å². The molecule has 0 radical (unpaired) electrons. The van der Waals surface area contributed by atoms with Crippen LogP contribution >= 0.6 is 0 Å². The van der Waals surface area contributed by atoms with Crippen molar-refractivity contribution < 1.29 is 28.6 Å². The molecule has 0 spiro atoms. The van der Waals surface area contributed by atoms with Gasteiger partial charge in [0.25, 0.3) is 0 Å². The van der Waals surface area contributed by atoms with E-state index in [2.05, 4.69) is 106 Å². The van der Waals surface area contributed by atoms with Gasteiger partial charge in [0.15, 0.2) is 6.10 Å². The van der Waals surface area contributed by atoms with Gasteiger partial charge < -0.3 is 14.2 Å². The Kier molecular flexibility index (Phi) is 65.2. The molecule has 0 N–H and O–H groups in total. The zero-order chi connectivity index (χ0) is 57.8. The van der Waals surface area contributed by atoms with E-state index >= 15 is 0 Å². The smallest absolute Gasteiger partial charge is 0.306 e. The summed E-state index contributed by atoms with van der Waals surface area (Å²) in [6, 6.07) is 0. The number of ether oxygens (including phenoxy) is 3. The Hall–Kier alpha value is -3.41. The van der Waals surface area contributed by atoms with Gasteiger partial charge in [-0.3, -0.25) is 14.4 Å². The quantitative estimate of drug-likeness (QED) is 0.0261. The van der Waals surface area contributed by atoms with E-state index in [9.17, 15) is 14.4 Å². The molecule has 0 fully saturated rings. The molecule has 0 amide bonds. The third-order valence-corrected chi connectivity index (χ3v) is 15.1. The maximum atomic E-state index is 12.9. The molecule has 0 bridgehead atoms. The number of carbonyl (C=O) groups is 3. The predicted octanol–water partition coefficient (Wildman–Crippen LogP) is 23.8. The van der Waals surface area contributed by atoms with Crippen LogP contribution in [0.2, 0.25) is 0 Å². The molecule has 0 aromatic heterocycles. The highest BCUT2D eigenvalue weighted by atomic mass is 16.6. The van der Waals surface area contributed by atoms with Crippen molar-refractivity contribution >= 4 is 17.9 Å². The van der Waals surface area contributed by atoms with Gasteiger partial charge in [0, 0.05) is 19.3 Å². The summed E-state index contributed by atoms with van der Waals surface area (Å²) in [6.07, 6.45) is 90.4. The number of rotatable bonds is 63. The van der Waals surface area contributed by atoms with Crippen molar-refractivity contribution in [2.45, 2.75) is 354 Å². The van der Waals surface area contributed by atoms with E-state index in [1.54, 1.807) is 0 Å². The second kappa shape index (κ2) is 68.1. The molecule has 6 nitrogen and oxygen atoms in total. The number of hydrogen-bond donors (Lipinski definition) is 0. The summed E-state index contributed by atoms with van der Waals surface area (Å²) < 4.78 is 17.0. The van der Waals surface area contributed by atoms with Crippen molar-refractivity contribution in [3.63, 3.8) is 0 Å². The normalized spacial score (nSPS) is 12.6. The lowest BCUT2D eigenvalue weighted by molar-refractivity contribution is -0.167. The molecule has 1 unspecified atom stereocenters. The summed E-state index contributed by atoms with van der Waals surface area (Å²) in [4.78, 5) is 38.4. The average Bonchev–Trinajstić information content (AvgIpc) is 3.46. The van der Waals surface area contributed by atoms with E-state index in [1.807, 2.05) is 0 Å². The van der Waals surface area contributed by atoms with Gasteiger partial charge in [0.1, 0.15) is 13.2 Å². The number of unbranched alkanes of at least 4 members (excludes halogenated alkanes) is 38. The minimum absolute atomic E-state index is 0.0827. The first-order valence-corrected chi connectivity index (χ1v) is 34.6. The molecular formula is C74H130O6. The first-order chi connectivity index (χ1) is 39.5. The van der Waals surface area contributed by atoms with Crippen molar-refractivity contribution in [2.24, 2.45) is 0 Å². The van der Waals surface area contributed by atoms with Crippen molar-refractivity contribution in [3.8, 4) is 0 Å². The third kappa shape index (κ3) is 65.4. The predicted molar refractivity (Wildman–Crippen MR) is 348 cm³/mol. The van der Waals surface area contributed by atoms with Gasteiger partial charge in [-0.25, -0.2) is 0 Å². The average molecular weight is 1120 g/mol. The maximum absolute atomic E-state index is 12.9. The lowest BCUT2D eigenvalue weighted by atomic mass is 10.0. The van der Waals surface area contributed by atoms with Crippen LogP contribution in [-0.4, -0.2) is 37.2 Å². The SMILES string of the molecule is CC/C=C\C/C=C\C/C=C\C/C=C\CCCCCCCCCCC(=O)OC(COC(=O)CCCCCCC/C=C\C/C=C\C/C=C\CC)COC(=O)CCCCCCCCCCCCCCCCCCCCCCCCCCCC. The number of allylic oxidation sites excluding steroid dienone is 14. The molecule has 0 aliphatic heterocycles. The lowest BCUT2D eigenvalue weighted by Crippen LogP contribution is -2.30. The van der Waals surface area contributed by atoms with Crippen molar-refractivity contribution in [1.82, 2.24) is 0 Å². The van der Waals surface area contributed by atoms with E-state index in [4.69, 9.17) is 14.2 Å². The van der Waals surface area contributed by atoms with Crippen LogP contribution in [0.1, 0.15) is 348 Å². The summed E-state index contributed by atoms with van der Waals surface area (Å²) in [5.41, 5.74) is 0. The van der Waals surface area contributed by atoms with Gasteiger partial charge >= 0.3 is 17.9 Å². The fourth-order valence-electron chi connectivity index (χ4n) is 10.0. The van der Waals surface area contributed by atoms with Crippen LogP contribution in [0.4, 0.5) is 0 Å². The zero-order valence-corrected chi connectivity index (χ0v) is 53.1. The summed E-state index contributed by atoms with van der Waals surface area (Å²) in [6.45, 7) is 6.45.